The molecule has 14 N–H and O–H groups in total. The summed E-state index contributed by atoms with van der Waals surface area (Å²) in [6.45, 7) is 3.56. The van der Waals surface area contributed by atoms with Crippen LogP contribution < -0.4 is 37.6 Å². The maximum atomic E-state index is 13.0. The maximum absolute atomic E-state index is 13.0. The van der Waals surface area contributed by atoms with Crippen LogP contribution >= 0.6 is 0 Å². The van der Waals surface area contributed by atoms with E-state index in [4.69, 9.17) is 91.0 Å². The molecule has 3 aromatic heterocycles. The van der Waals surface area contributed by atoms with E-state index < -0.39 is 114 Å². The van der Waals surface area contributed by atoms with E-state index in [0.717, 1.165) is 18.6 Å². The fourth-order valence-electron chi connectivity index (χ4n) is 10.8. The number of alkyl halides is 9. The molecule has 12 atom stereocenters. The van der Waals surface area contributed by atoms with Gasteiger partial charge in [0.2, 0.25) is 17.7 Å². The Balaban J connectivity index is 0.755. The Bertz CT molecular complexity index is 2940. The lowest BCUT2D eigenvalue weighted by Gasteiger charge is -2.38. The third kappa shape index (κ3) is 41.4. The van der Waals surface area contributed by atoms with Crippen LogP contribution in [0, 0.1) is 0 Å². The maximum Gasteiger partial charge on any atom is 0.434 e. The van der Waals surface area contributed by atoms with Gasteiger partial charge in [0.05, 0.1) is 279 Å². The molecule has 0 bridgehead atoms. The van der Waals surface area contributed by atoms with E-state index in [1.54, 1.807) is 0 Å². The molecule has 0 saturated carbocycles. The predicted octanol–water partition coefficient (Wildman–Crippen LogP) is -2.32. The molecule has 40 nitrogen and oxygen atoms in total. The molecule has 6 heterocycles. The first kappa shape index (κ1) is 101. The van der Waals surface area contributed by atoms with Crippen LogP contribution in [-0.4, -0.2) is 395 Å². The fourth-order valence-corrected chi connectivity index (χ4v) is 10.8. The van der Waals surface area contributed by atoms with E-state index in [9.17, 15) is 84.5 Å². The molecule has 0 unspecified atom stereocenters. The molecule has 3 aromatic rings. The molecule has 3 saturated heterocycles. The van der Waals surface area contributed by atoms with Crippen molar-refractivity contribution >= 4 is 35.2 Å². The fraction of sp³-hybridized carbons (Fsp3) is 0.786. The van der Waals surface area contributed by atoms with Crippen LogP contribution in [0.4, 0.5) is 57.0 Å². The van der Waals surface area contributed by atoms with Crippen molar-refractivity contribution in [3.63, 3.8) is 0 Å². The van der Waals surface area contributed by atoms with E-state index in [0.29, 0.717) is 18.6 Å². The van der Waals surface area contributed by atoms with Crippen LogP contribution in [0.25, 0.3) is 0 Å². The Morgan fingerprint density at radius 1 is 0.336 bits per heavy atom. The number of aliphatic hydroxyl groups excluding tert-OH is 6. The van der Waals surface area contributed by atoms with Gasteiger partial charge in [-0.05, 0) is 0 Å². The van der Waals surface area contributed by atoms with E-state index in [1.165, 1.54) is 0 Å². The number of aromatic nitrogens is 6. The number of anilines is 3. The molecule has 49 heteroatoms. The highest BCUT2D eigenvalue weighted by molar-refractivity contribution is 5.76. The largest absolute Gasteiger partial charge is 0.434 e. The van der Waals surface area contributed by atoms with E-state index >= 15 is 0 Å². The number of halogens is 9. The molecule has 0 aliphatic carbocycles. The quantitative estimate of drug-likeness (QED) is 0.0208. The van der Waals surface area contributed by atoms with Crippen molar-refractivity contribution in [1.82, 2.24) is 45.9 Å². The van der Waals surface area contributed by atoms with Crippen LogP contribution in [0.3, 0.4) is 0 Å². The Labute approximate surface area is 678 Å². The van der Waals surface area contributed by atoms with Gasteiger partial charge in [-0.1, -0.05) is 0 Å². The highest BCUT2D eigenvalue weighted by Crippen LogP contribution is 2.31. The summed E-state index contributed by atoms with van der Waals surface area (Å²) in [4.78, 5) is 58.8. The minimum Gasteiger partial charge on any atom is -0.388 e. The number of hydrogen-bond donors (Lipinski definition) is 13. The van der Waals surface area contributed by atoms with Crippen molar-refractivity contribution in [2.45, 2.75) is 116 Å². The Morgan fingerprint density at radius 3 is 0.798 bits per heavy atom. The molecular formula is C70H110F9N13O27. The number of ether oxygens (including phenoxy) is 18. The summed E-state index contributed by atoms with van der Waals surface area (Å²) in [6.07, 6.45) is -20.6. The van der Waals surface area contributed by atoms with E-state index in [2.05, 4.69) is 61.8 Å². The Kier molecular flexibility index (Phi) is 47.8. The van der Waals surface area contributed by atoms with Gasteiger partial charge in [0.1, 0.15) is 72.4 Å². The zero-order chi connectivity index (χ0) is 86.2. The minimum absolute atomic E-state index is 0.0314. The van der Waals surface area contributed by atoms with Crippen LogP contribution in [-0.2, 0) is 118 Å². The molecule has 3 aliphatic rings. The van der Waals surface area contributed by atoms with Gasteiger partial charge in [0.15, 0.2) is 17.1 Å². The topological polar surface area (TPSA) is 514 Å². The van der Waals surface area contributed by atoms with Gasteiger partial charge in [-0.15, -0.1) is 0 Å². The van der Waals surface area contributed by atoms with Crippen molar-refractivity contribution in [3.8, 4) is 0 Å². The van der Waals surface area contributed by atoms with Gasteiger partial charge in [-0.2, -0.15) is 39.5 Å². The van der Waals surface area contributed by atoms with Crippen molar-refractivity contribution in [3.05, 3.63) is 54.3 Å². The van der Waals surface area contributed by atoms with Crippen molar-refractivity contribution in [2.24, 2.45) is 5.73 Å². The monoisotopic (exact) mass is 1740 g/mol. The summed E-state index contributed by atoms with van der Waals surface area (Å²) in [5.41, 5.74) is 1.74. The van der Waals surface area contributed by atoms with Crippen molar-refractivity contribution in [1.29, 1.82) is 0 Å². The lowest BCUT2D eigenvalue weighted by molar-refractivity contribution is -0.161. The second-order valence-corrected chi connectivity index (χ2v) is 26.7. The number of rotatable bonds is 63. The second-order valence-electron chi connectivity index (χ2n) is 26.7. The highest BCUT2D eigenvalue weighted by atomic mass is 19.4. The molecular weight excluding hydrogens is 1630 g/mol. The van der Waals surface area contributed by atoms with Crippen LogP contribution in [0.1, 0.15) is 36.3 Å². The van der Waals surface area contributed by atoms with Gasteiger partial charge < -0.3 is 154 Å². The predicted molar refractivity (Wildman–Crippen MR) is 391 cm³/mol. The molecule has 3 fully saturated rings. The molecule has 0 spiro atoms. The SMILES string of the molecule is NC(COCCC(=O)NCCOCCOCCOCCOC[C@H]1OC[C@H](Nc2cncc(C(F)(F)F)n2)[C@@H](O)[C@H]1O)(COCCC(=O)NCCOCCOCCOCCOC[C@H]1OC[C@H](Nc2cncc(C(F)(F)F)n2)[C@@H](O)[C@H]1O)COCCC(=O)NCCOCCOCCOCCOC[C@H]1OC[C@H](Nc2cncc(C(F)(F)F)n2)[C@@H](O)[C@H]1O. The average molecular weight is 1740 g/mol. The molecule has 3 amide bonds. The number of aliphatic hydroxyl groups is 6. The lowest BCUT2D eigenvalue weighted by atomic mass is 9.98. The third-order valence-corrected chi connectivity index (χ3v) is 17.2. The summed E-state index contributed by atoms with van der Waals surface area (Å²) in [6, 6.07) is -2.90. The lowest BCUT2D eigenvalue weighted by Crippen LogP contribution is -2.57. The Morgan fingerprint density at radius 2 is 0.563 bits per heavy atom. The average Bonchev–Trinajstić information content (AvgIpc) is 0.827. The zero-order valence-corrected chi connectivity index (χ0v) is 65.4. The van der Waals surface area contributed by atoms with E-state index in [1.807, 2.05) is 0 Å². The van der Waals surface area contributed by atoms with Crippen molar-refractivity contribution < 1.29 is 170 Å². The number of nitrogens with zero attached hydrogens (tertiary/aromatic N) is 6. The summed E-state index contributed by atoms with van der Waals surface area (Å²) >= 11 is 0. The normalized spacial score (nSPS) is 21.9. The van der Waals surface area contributed by atoms with Crippen LogP contribution in [0.5, 0.6) is 0 Å². The number of hydrogen-bond acceptors (Lipinski definition) is 37. The molecule has 680 valence electrons. The first-order chi connectivity index (χ1) is 57.1. The van der Waals surface area contributed by atoms with Crippen molar-refractivity contribution in [2.75, 3.05) is 254 Å². The third-order valence-electron chi connectivity index (χ3n) is 17.2. The van der Waals surface area contributed by atoms with Gasteiger partial charge in [0.25, 0.3) is 0 Å². The molecule has 6 rings (SSSR count). The van der Waals surface area contributed by atoms with Gasteiger partial charge in [0, 0.05) is 38.9 Å². The molecule has 119 heavy (non-hydrogen) atoms. The van der Waals surface area contributed by atoms with Gasteiger partial charge in [-0.3, -0.25) is 29.3 Å². The number of nitrogens with one attached hydrogen (secondary N) is 6. The van der Waals surface area contributed by atoms with Crippen LogP contribution in [0.15, 0.2) is 37.2 Å². The summed E-state index contributed by atoms with van der Waals surface area (Å²) in [7, 11) is 0. The van der Waals surface area contributed by atoms with E-state index in [-0.39, 0.29) is 292 Å². The number of nitrogens with two attached hydrogens (primary N) is 1. The number of carbonyl (C=O) groups excluding carboxylic acids is 3. The van der Waals surface area contributed by atoms with Gasteiger partial charge >= 0.3 is 18.5 Å². The first-order valence-corrected chi connectivity index (χ1v) is 38.3. The van der Waals surface area contributed by atoms with Crippen LogP contribution in [0.2, 0.25) is 0 Å². The first-order valence-electron chi connectivity index (χ1n) is 38.3. The highest BCUT2D eigenvalue weighted by Gasteiger charge is 2.43. The second kappa shape index (κ2) is 56.2. The summed E-state index contributed by atoms with van der Waals surface area (Å²) in [5, 5.41) is 79.3. The zero-order valence-electron chi connectivity index (χ0n) is 65.4. The Hall–Kier alpha value is -6.58. The number of carbonyl (C=O) groups is 3. The standard InChI is InChI=1S/C70H110F9N13O27/c71-68(72,73)52-31-81-34-55(90-52)87-46-37-117-49(64(99)61(46)96)40-111-28-25-108-22-19-105-16-13-102-10-4-84-58(93)1-7-114-43-67(80,44-115-8-2-59(94)85-5-11-103-14-17-106-20-23-109-26-29-112-41-50-65(100)62(97)47(38-118-50)88-56-35-82-32-53(91-56)69(74,75)76)45-116-9-3-60(95)86-6-12-104-15-18-107-21-24-110-27-30-113-42-51-66(101)63(98)48(39-119-51)89-57-36-83-33-54(92-57)70(77,78)79/h31-36,46-51,61-66,96-101H,1-30,37-45,80H2,(H,84,93)(H,85,94)(H,86,95)(H,87,90)(H,88,91)(H,89,92)/t46-,47-,48-,49+,50+,51+,61+,62+,63+,64-,65-,66-/m0/s1. The number of amides is 3. The smallest absolute Gasteiger partial charge is 0.388 e. The molecule has 0 aromatic carbocycles. The summed E-state index contributed by atoms with van der Waals surface area (Å²) < 4.78 is 217. The molecule has 3 aliphatic heterocycles. The molecule has 0 radical (unpaired) electrons. The minimum atomic E-state index is -4.72. The summed E-state index contributed by atoms with van der Waals surface area (Å²) in [5.74, 6) is -1.73. The van der Waals surface area contributed by atoms with Gasteiger partial charge in [-0.25, -0.2) is 15.0 Å².